The van der Waals surface area contributed by atoms with Crippen molar-refractivity contribution in [2.45, 2.75) is 46.6 Å². The zero-order valence-corrected chi connectivity index (χ0v) is 16.9. The molecule has 0 saturated carbocycles. The lowest BCUT2D eigenvalue weighted by Crippen LogP contribution is -2.21. The fourth-order valence-corrected chi connectivity index (χ4v) is 3.46. The second kappa shape index (κ2) is 9.04. The molecule has 0 spiro atoms. The third kappa shape index (κ3) is 5.10. The zero-order chi connectivity index (χ0) is 19.2. The van der Waals surface area contributed by atoms with Gasteiger partial charge in [0.15, 0.2) is 0 Å². The van der Waals surface area contributed by atoms with Gasteiger partial charge in [-0.1, -0.05) is 0 Å². The summed E-state index contributed by atoms with van der Waals surface area (Å²) >= 11 is 0. The second-order valence-electron chi connectivity index (χ2n) is 7.00. The number of hydrogen-bond donors (Lipinski definition) is 2. The van der Waals surface area contributed by atoms with Crippen LogP contribution >= 0.6 is 0 Å². The molecule has 6 nitrogen and oxygen atoms in total. The number of anilines is 4. The van der Waals surface area contributed by atoms with Gasteiger partial charge in [-0.05, 0) is 64.3 Å². The Hall–Kier alpha value is -2.34. The summed E-state index contributed by atoms with van der Waals surface area (Å²) in [5, 5.41) is 6.83. The van der Waals surface area contributed by atoms with Gasteiger partial charge in [-0.2, -0.15) is 0 Å². The van der Waals surface area contributed by atoms with Crippen LogP contribution in [0.1, 0.15) is 38.1 Å². The average Bonchev–Trinajstić information content (AvgIpc) is 3.16. The third-order valence-corrected chi connectivity index (χ3v) is 4.97. The average molecular weight is 370 g/mol. The highest BCUT2D eigenvalue weighted by atomic mass is 16.5. The van der Waals surface area contributed by atoms with Crippen LogP contribution in [0.4, 0.5) is 23.0 Å². The minimum Gasteiger partial charge on any atom is -0.376 e. The fraction of sp³-hybridized carbons (Fsp3) is 0.524. The summed E-state index contributed by atoms with van der Waals surface area (Å²) in [6.45, 7) is 12.1. The molecule has 27 heavy (non-hydrogen) atoms. The van der Waals surface area contributed by atoms with Crippen molar-refractivity contribution in [2.24, 2.45) is 0 Å². The maximum atomic E-state index is 5.67. The molecular weight excluding hydrogens is 338 g/mol. The third-order valence-electron chi connectivity index (χ3n) is 4.97. The van der Waals surface area contributed by atoms with Crippen molar-refractivity contribution in [3.05, 3.63) is 35.7 Å². The molecule has 2 N–H and O–H groups in total. The molecule has 1 unspecified atom stereocenters. The Labute approximate surface area is 162 Å². The molecule has 1 atom stereocenters. The Morgan fingerprint density at radius 2 is 1.89 bits per heavy atom. The first-order chi connectivity index (χ1) is 13.1. The normalized spacial score (nSPS) is 16.4. The van der Waals surface area contributed by atoms with Crippen LogP contribution in [0.2, 0.25) is 0 Å². The van der Waals surface area contributed by atoms with Crippen LogP contribution in [-0.4, -0.2) is 42.3 Å². The molecule has 1 aromatic carbocycles. The van der Waals surface area contributed by atoms with E-state index in [1.54, 1.807) is 0 Å². The van der Waals surface area contributed by atoms with Crippen molar-refractivity contribution >= 4 is 23.0 Å². The molecule has 1 saturated heterocycles. The number of aryl methyl sites for hydroxylation is 2. The minimum atomic E-state index is 0.284. The van der Waals surface area contributed by atoms with Gasteiger partial charge in [-0.3, -0.25) is 0 Å². The largest absolute Gasteiger partial charge is 0.376 e. The lowest BCUT2D eigenvalue weighted by atomic mass is 10.1. The van der Waals surface area contributed by atoms with E-state index in [-0.39, 0.29) is 6.10 Å². The predicted octanol–water partition coefficient (Wildman–Crippen LogP) is 4.27. The van der Waals surface area contributed by atoms with E-state index in [1.807, 2.05) is 13.0 Å². The van der Waals surface area contributed by atoms with Gasteiger partial charge < -0.3 is 20.3 Å². The van der Waals surface area contributed by atoms with E-state index in [2.05, 4.69) is 64.5 Å². The maximum Gasteiger partial charge on any atom is 0.136 e. The standard InChI is InChI=1S/C21H31N5O/c1-5-26(6-2)17-9-10-19(15(3)12-17)25-21-13-20(23-16(4)24-21)22-14-18-8-7-11-27-18/h9-10,12-13,18H,5-8,11,14H2,1-4H3,(H2,22,23,24,25). The first kappa shape index (κ1) is 19.4. The molecule has 6 heteroatoms. The molecule has 0 aliphatic carbocycles. The Kier molecular flexibility index (Phi) is 6.50. The van der Waals surface area contributed by atoms with Crippen molar-refractivity contribution in [2.75, 3.05) is 41.8 Å². The van der Waals surface area contributed by atoms with Crippen LogP contribution in [0.25, 0.3) is 0 Å². The first-order valence-electron chi connectivity index (χ1n) is 9.92. The van der Waals surface area contributed by atoms with Gasteiger partial charge in [-0.15, -0.1) is 0 Å². The number of nitrogens with zero attached hydrogens (tertiary/aromatic N) is 3. The van der Waals surface area contributed by atoms with Crippen LogP contribution in [0.3, 0.4) is 0 Å². The van der Waals surface area contributed by atoms with Crippen molar-refractivity contribution in [3.63, 3.8) is 0 Å². The van der Waals surface area contributed by atoms with E-state index < -0.39 is 0 Å². The monoisotopic (exact) mass is 369 g/mol. The number of aromatic nitrogens is 2. The van der Waals surface area contributed by atoms with Crippen molar-refractivity contribution in [3.8, 4) is 0 Å². The van der Waals surface area contributed by atoms with Crippen molar-refractivity contribution in [1.29, 1.82) is 0 Å². The quantitative estimate of drug-likeness (QED) is 0.724. The summed E-state index contributed by atoms with van der Waals surface area (Å²) in [4.78, 5) is 11.4. The summed E-state index contributed by atoms with van der Waals surface area (Å²) in [7, 11) is 0. The number of nitrogens with one attached hydrogen (secondary N) is 2. The van der Waals surface area contributed by atoms with E-state index in [1.165, 1.54) is 11.3 Å². The van der Waals surface area contributed by atoms with E-state index in [9.17, 15) is 0 Å². The van der Waals surface area contributed by atoms with Gasteiger partial charge in [0.25, 0.3) is 0 Å². The van der Waals surface area contributed by atoms with Gasteiger partial charge in [0, 0.05) is 43.7 Å². The highest BCUT2D eigenvalue weighted by Gasteiger charge is 2.15. The molecule has 1 fully saturated rings. The molecule has 1 aromatic heterocycles. The summed E-state index contributed by atoms with van der Waals surface area (Å²) in [5.41, 5.74) is 3.51. The number of benzene rings is 1. The summed E-state index contributed by atoms with van der Waals surface area (Å²) in [6, 6.07) is 8.46. The Bertz CT molecular complexity index is 754. The van der Waals surface area contributed by atoms with Crippen molar-refractivity contribution in [1.82, 2.24) is 9.97 Å². The van der Waals surface area contributed by atoms with Gasteiger partial charge in [0.05, 0.1) is 6.10 Å². The lowest BCUT2D eigenvalue weighted by Gasteiger charge is -2.22. The maximum absolute atomic E-state index is 5.67. The molecule has 1 aliphatic heterocycles. The topological polar surface area (TPSA) is 62.3 Å². The smallest absolute Gasteiger partial charge is 0.136 e. The zero-order valence-electron chi connectivity index (χ0n) is 16.9. The van der Waals surface area contributed by atoms with Gasteiger partial charge in [0.2, 0.25) is 0 Å². The molecule has 146 valence electrons. The summed E-state index contributed by atoms with van der Waals surface area (Å²) in [5.74, 6) is 2.38. The Morgan fingerprint density at radius 1 is 1.11 bits per heavy atom. The SMILES string of the molecule is CCN(CC)c1ccc(Nc2cc(NCC3CCCO3)nc(C)n2)c(C)c1. The van der Waals surface area contributed by atoms with E-state index in [4.69, 9.17) is 4.74 Å². The predicted molar refractivity (Wildman–Crippen MR) is 112 cm³/mol. The van der Waals surface area contributed by atoms with Crippen LogP contribution in [-0.2, 0) is 4.74 Å². The molecule has 0 radical (unpaired) electrons. The van der Waals surface area contributed by atoms with Crippen LogP contribution in [0.15, 0.2) is 24.3 Å². The Morgan fingerprint density at radius 3 is 2.56 bits per heavy atom. The summed E-state index contributed by atoms with van der Waals surface area (Å²) in [6.07, 6.45) is 2.54. The first-order valence-corrected chi connectivity index (χ1v) is 9.92. The van der Waals surface area contributed by atoms with Crippen LogP contribution in [0, 0.1) is 13.8 Å². The van der Waals surface area contributed by atoms with E-state index >= 15 is 0 Å². The number of rotatable bonds is 8. The molecular formula is C21H31N5O. The van der Waals surface area contributed by atoms with Gasteiger partial charge in [-0.25, -0.2) is 9.97 Å². The lowest BCUT2D eigenvalue weighted by molar-refractivity contribution is 0.120. The molecule has 0 amide bonds. The van der Waals surface area contributed by atoms with Crippen molar-refractivity contribution < 1.29 is 4.74 Å². The van der Waals surface area contributed by atoms with E-state index in [0.29, 0.717) is 0 Å². The Balaban J connectivity index is 1.71. The highest BCUT2D eigenvalue weighted by Crippen LogP contribution is 2.26. The van der Waals surface area contributed by atoms with Crippen LogP contribution in [0.5, 0.6) is 0 Å². The highest BCUT2D eigenvalue weighted by molar-refractivity contribution is 5.66. The van der Waals surface area contributed by atoms with E-state index in [0.717, 1.165) is 62.2 Å². The van der Waals surface area contributed by atoms with Crippen LogP contribution < -0.4 is 15.5 Å². The molecule has 2 heterocycles. The molecule has 0 bridgehead atoms. The summed E-state index contributed by atoms with van der Waals surface area (Å²) < 4.78 is 5.67. The molecule has 2 aromatic rings. The molecule has 3 rings (SSSR count). The molecule has 1 aliphatic rings. The fourth-order valence-electron chi connectivity index (χ4n) is 3.46. The van der Waals surface area contributed by atoms with Gasteiger partial charge in [0.1, 0.15) is 17.5 Å². The number of hydrogen-bond acceptors (Lipinski definition) is 6. The second-order valence-corrected chi connectivity index (χ2v) is 7.00. The minimum absolute atomic E-state index is 0.284. The van der Waals surface area contributed by atoms with Gasteiger partial charge >= 0.3 is 0 Å². The number of ether oxygens (including phenoxy) is 1.